The van der Waals surface area contributed by atoms with Crippen LogP contribution in [0.4, 0.5) is 0 Å². The van der Waals surface area contributed by atoms with Gasteiger partial charge < -0.3 is 15.3 Å². The SMILES string of the molecule is CCCCCCCCCCCCCCCCN(CCO)CC(C)N(CCO)CCO.Cl. The molecule has 0 radical (unpaired) electrons. The van der Waals surface area contributed by atoms with E-state index >= 15 is 0 Å². The molecule has 31 heavy (non-hydrogen) atoms. The molecule has 3 N–H and O–H groups in total. The number of rotatable bonds is 24. The smallest absolute Gasteiger partial charge is 0.0558 e. The van der Waals surface area contributed by atoms with Crippen LogP contribution in [0.15, 0.2) is 0 Å². The summed E-state index contributed by atoms with van der Waals surface area (Å²) in [5, 5.41) is 27.8. The first-order valence-electron chi connectivity index (χ1n) is 13.0. The average Bonchev–Trinajstić information content (AvgIpc) is 2.73. The van der Waals surface area contributed by atoms with Gasteiger partial charge in [-0.25, -0.2) is 0 Å². The van der Waals surface area contributed by atoms with Crippen LogP contribution in [0.5, 0.6) is 0 Å². The molecule has 0 saturated carbocycles. The molecule has 5 nitrogen and oxygen atoms in total. The highest BCUT2D eigenvalue weighted by molar-refractivity contribution is 5.85. The minimum Gasteiger partial charge on any atom is -0.395 e. The van der Waals surface area contributed by atoms with Crippen molar-refractivity contribution in [3.63, 3.8) is 0 Å². The zero-order chi connectivity index (χ0) is 22.3. The molecule has 0 heterocycles. The molecule has 0 saturated heterocycles. The van der Waals surface area contributed by atoms with Gasteiger partial charge in [-0.3, -0.25) is 9.80 Å². The first kappa shape index (κ1) is 33.3. The van der Waals surface area contributed by atoms with Crippen LogP contribution >= 0.6 is 12.4 Å². The van der Waals surface area contributed by atoms with Crippen molar-refractivity contribution in [3.8, 4) is 0 Å². The number of nitrogens with zero attached hydrogens (tertiary/aromatic N) is 2. The van der Waals surface area contributed by atoms with Gasteiger partial charge in [0.1, 0.15) is 0 Å². The third kappa shape index (κ3) is 21.7. The number of halogens is 1. The van der Waals surface area contributed by atoms with Gasteiger partial charge in [0.2, 0.25) is 0 Å². The third-order valence-corrected chi connectivity index (χ3v) is 6.16. The van der Waals surface area contributed by atoms with Gasteiger partial charge in [0.25, 0.3) is 0 Å². The zero-order valence-corrected chi connectivity index (χ0v) is 21.6. The summed E-state index contributed by atoms with van der Waals surface area (Å²) in [7, 11) is 0. The highest BCUT2D eigenvalue weighted by Crippen LogP contribution is 2.13. The highest BCUT2D eigenvalue weighted by atomic mass is 35.5. The van der Waals surface area contributed by atoms with E-state index in [1.165, 1.54) is 89.9 Å². The summed E-state index contributed by atoms with van der Waals surface area (Å²) < 4.78 is 0. The van der Waals surface area contributed by atoms with E-state index in [4.69, 9.17) is 0 Å². The Morgan fingerprint density at radius 1 is 0.548 bits per heavy atom. The molecule has 0 fully saturated rings. The van der Waals surface area contributed by atoms with Crippen LogP contribution < -0.4 is 0 Å². The lowest BCUT2D eigenvalue weighted by atomic mass is 10.0. The number of hydrogen-bond acceptors (Lipinski definition) is 5. The number of hydrogen-bond donors (Lipinski definition) is 3. The molecule has 190 valence electrons. The Kier molecular flexibility index (Phi) is 28.3. The summed E-state index contributed by atoms with van der Waals surface area (Å²) in [4.78, 5) is 4.45. The zero-order valence-electron chi connectivity index (χ0n) is 20.8. The van der Waals surface area contributed by atoms with Gasteiger partial charge in [0.15, 0.2) is 0 Å². The maximum Gasteiger partial charge on any atom is 0.0558 e. The predicted molar refractivity (Wildman–Crippen MR) is 136 cm³/mol. The van der Waals surface area contributed by atoms with E-state index in [-0.39, 0.29) is 38.3 Å². The van der Waals surface area contributed by atoms with Crippen LogP contribution in [0.25, 0.3) is 0 Å². The molecule has 0 aliphatic rings. The first-order valence-corrected chi connectivity index (χ1v) is 13.0. The maximum atomic E-state index is 9.37. The van der Waals surface area contributed by atoms with E-state index < -0.39 is 0 Å². The summed E-state index contributed by atoms with van der Waals surface area (Å²) in [6.07, 6.45) is 19.2. The van der Waals surface area contributed by atoms with Crippen molar-refractivity contribution in [2.45, 2.75) is 110 Å². The second-order valence-electron chi connectivity index (χ2n) is 8.95. The van der Waals surface area contributed by atoms with Gasteiger partial charge in [-0.1, -0.05) is 90.4 Å². The monoisotopic (exact) mass is 466 g/mol. The van der Waals surface area contributed by atoms with Crippen LogP contribution in [0.3, 0.4) is 0 Å². The van der Waals surface area contributed by atoms with Gasteiger partial charge in [-0.15, -0.1) is 12.4 Å². The largest absolute Gasteiger partial charge is 0.395 e. The molecule has 0 aromatic rings. The summed E-state index contributed by atoms with van der Waals surface area (Å²) in [6.45, 7) is 8.61. The molecule has 0 aliphatic heterocycles. The fourth-order valence-corrected chi connectivity index (χ4v) is 4.26. The fraction of sp³-hybridized carbons (Fsp3) is 1.00. The van der Waals surface area contributed by atoms with Crippen molar-refractivity contribution >= 4 is 12.4 Å². The van der Waals surface area contributed by atoms with Crippen molar-refractivity contribution in [2.75, 3.05) is 52.5 Å². The van der Waals surface area contributed by atoms with E-state index in [9.17, 15) is 15.3 Å². The van der Waals surface area contributed by atoms with Crippen molar-refractivity contribution in [3.05, 3.63) is 0 Å². The van der Waals surface area contributed by atoms with Crippen molar-refractivity contribution in [1.82, 2.24) is 9.80 Å². The van der Waals surface area contributed by atoms with Crippen LogP contribution in [-0.2, 0) is 0 Å². The van der Waals surface area contributed by atoms with Crippen molar-refractivity contribution in [1.29, 1.82) is 0 Å². The first-order chi connectivity index (χ1) is 14.7. The van der Waals surface area contributed by atoms with Crippen LogP contribution in [0.1, 0.15) is 104 Å². The molecule has 6 heteroatoms. The normalized spacial score (nSPS) is 12.5. The Labute approximate surface area is 200 Å². The minimum absolute atomic E-state index is 0. The molecule has 0 rings (SSSR count). The van der Waals surface area contributed by atoms with Gasteiger partial charge >= 0.3 is 0 Å². The molecule has 0 aromatic carbocycles. The summed E-state index contributed by atoms with van der Waals surface area (Å²) >= 11 is 0. The van der Waals surface area contributed by atoms with Crippen molar-refractivity contribution < 1.29 is 15.3 Å². The second kappa shape index (κ2) is 26.3. The third-order valence-electron chi connectivity index (χ3n) is 6.16. The molecule has 0 bridgehead atoms. The van der Waals surface area contributed by atoms with E-state index in [0.29, 0.717) is 19.6 Å². The molecule has 0 amide bonds. The lowest BCUT2D eigenvalue weighted by Gasteiger charge is -2.32. The quantitative estimate of drug-likeness (QED) is 0.177. The van der Waals surface area contributed by atoms with E-state index in [1.54, 1.807) is 0 Å². The summed E-state index contributed by atoms with van der Waals surface area (Å²) in [5.41, 5.74) is 0. The topological polar surface area (TPSA) is 67.2 Å². The Balaban J connectivity index is 0. The Hall–Kier alpha value is 0.0900. The van der Waals surface area contributed by atoms with Gasteiger partial charge in [-0.2, -0.15) is 0 Å². The lowest BCUT2D eigenvalue weighted by molar-refractivity contribution is 0.0946. The average molecular weight is 467 g/mol. The van der Waals surface area contributed by atoms with Gasteiger partial charge in [0, 0.05) is 32.2 Å². The maximum absolute atomic E-state index is 9.37. The van der Waals surface area contributed by atoms with E-state index in [0.717, 1.165) is 13.1 Å². The number of aliphatic hydroxyl groups is 3. The second-order valence-corrected chi connectivity index (χ2v) is 8.95. The number of unbranched alkanes of at least 4 members (excludes halogenated alkanes) is 13. The van der Waals surface area contributed by atoms with Gasteiger partial charge in [0.05, 0.1) is 19.8 Å². The molecule has 0 aromatic heterocycles. The van der Waals surface area contributed by atoms with Crippen LogP contribution in [-0.4, -0.2) is 83.7 Å². The van der Waals surface area contributed by atoms with Crippen LogP contribution in [0.2, 0.25) is 0 Å². The van der Waals surface area contributed by atoms with Crippen LogP contribution in [0, 0.1) is 0 Å². The molecule has 0 aliphatic carbocycles. The Bertz CT molecular complexity index is 332. The highest BCUT2D eigenvalue weighted by Gasteiger charge is 2.16. The lowest BCUT2D eigenvalue weighted by Crippen LogP contribution is -2.45. The summed E-state index contributed by atoms with van der Waals surface area (Å²) in [6, 6.07) is 0.266. The minimum atomic E-state index is 0. The van der Waals surface area contributed by atoms with Gasteiger partial charge in [-0.05, 0) is 19.9 Å². The predicted octanol–water partition coefficient (Wildman–Crippen LogP) is 4.86. The molecular formula is C25H55ClN2O3. The number of aliphatic hydroxyl groups excluding tert-OH is 3. The standard InChI is InChI=1S/C25H54N2O3.ClH/c1-3-4-5-6-7-8-9-10-11-12-13-14-15-16-17-26(18-21-28)24-25(2)27(19-22-29)20-23-30;/h25,28-30H,3-24H2,1-2H3;1H. The molecule has 0 spiro atoms. The molecular weight excluding hydrogens is 412 g/mol. The molecule has 1 unspecified atom stereocenters. The Morgan fingerprint density at radius 2 is 0.935 bits per heavy atom. The van der Waals surface area contributed by atoms with E-state index in [2.05, 4.69) is 23.6 Å². The molecule has 1 atom stereocenters. The summed E-state index contributed by atoms with van der Waals surface area (Å²) in [5.74, 6) is 0. The fourth-order valence-electron chi connectivity index (χ4n) is 4.26. The van der Waals surface area contributed by atoms with E-state index in [1.807, 2.05) is 0 Å². The van der Waals surface area contributed by atoms with Crippen molar-refractivity contribution in [2.24, 2.45) is 0 Å². The Morgan fingerprint density at radius 3 is 1.32 bits per heavy atom.